The van der Waals surface area contributed by atoms with Crippen LogP contribution in [-0.2, 0) is 6.42 Å². The SMILES string of the molecule is CCCN1CCC(N2C[C@@H](Cc3ccc4ccccc4n3)[C@H](O)C2)CC1. The van der Waals surface area contributed by atoms with Crippen LogP contribution in [0.4, 0.5) is 0 Å². The van der Waals surface area contributed by atoms with E-state index in [0.717, 1.165) is 30.7 Å². The molecule has 2 aliphatic rings. The molecule has 4 rings (SSSR count). The first-order valence-electron chi connectivity index (χ1n) is 10.2. The number of aromatic nitrogens is 1. The average molecular weight is 354 g/mol. The van der Waals surface area contributed by atoms with Crippen molar-refractivity contribution in [3.05, 3.63) is 42.1 Å². The van der Waals surface area contributed by atoms with Crippen molar-refractivity contribution in [2.45, 2.75) is 44.8 Å². The van der Waals surface area contributed by atoms with Gasteiger partial charge in [0.1, 0.15) is 0 Å². The van der Waals surface area contributed by atoms with E-state index in [-0.39, 0.29) is 6.10 Å². The molecule has 0 bridgehead atoms. The van der Waals surface area contributed by atoms with Gasteiger partial charge in [0.15, 0.2) is 0 Å². The predicted octanol–water partition coefficient (Wildman–Crippen LogP) is 2.94. The molecule has 4 nitrogen and oxygen atoms in total. The van der Waals surface area contributed by atoms with Gasteiger partial charge in [0.05, 0.1) is 11.6 Å². The third kappa shape index (κ3) is 3.93. The molecule has 26 heavy (non-hydrogen) atoms. The van der Waals surface area contributed by atoms with Gasteiger partial charge in [0.25, 0.3) is 0 Å². The summed E-state index contributed by atoms with van der Waals surface area (Å²) >= 11 is 0. The number of aliphatic hydroxyl groups is 1. The lowest BCUT2D eigenvalue weighted by atomic mass is 9.99. The summed E-state index contributed by atoms with van der Waals surface area (Å²) in [5.74, 6) is 0.303. The molecule has 140 valence electrons. The van der Waals surface area contributed by atoms with Gasteiger partial charge in [-0.3, -0.25) is 9.88 Å². The predicted molar refractivity (Wildman–Crippen MR) is 106 cm³/mol. The van der Waals surface area contributed by atoms with Crippen LogP contribution in [0.1, 0.15) is 31.9 Å². The third-order valence-corrected chi connectivity index (χ3v) is 6.18. The van der Waals surface area contributed by atoms with E-state index in [1.807, 2.05) is 12.1 Å². The van der Waals surface area contributed by atoms with Crippen LogP contribution in [0.15, 0.2) is 36.4 Å². The van der Waals surface area contributed by atoms with Crippen molar-refractivity contribution in [2.24, 2.45) is 5.92 Å². The first-order valence-corrected chi connectivity index (χ1v) is 10.2. The van der Waals surface area contributed by atoms with E-state index in [9.17, 15) is 5.11 Å². The zero-order chi connectivity index (χ0) is 17.9. The van der Waals surface area contributed by atoms with Gasteiger partial charge in [-0.25, -0.2) is 0 Å². The number of hydrogen-bond donors (Lipinski definition) is 1. The van der Waals surface area contributed by atoms with Gasteiger partial charge >= 0.3 is 0 Å². The molecule has 0 aliphatic carbocycles. The first kappa shape index (κ1) is 17.9. The molecule has 2 fully saturated rings. The highest BCUT2D eigenvalue weighted by Crippen LogP contribution is 2.27. The fraction of sp³-hybridized carbons (Fsp3) is 0.591. The Bertz CT molecular complexity index is 726. The number of piperidine rings is 1. The number of β-amino-alcohol motifs (C(OH)–C–C–N with tert-alkyl or cyclic N) is 1. The minimum atomic E-state index is -0.225. The number of benzene rings is 1. The van der Waals surface area contributed by atoms with E-state index in [1.54, 1.807) is 0 Å². The summed E-state index contributed by atoms with van der Waals surface area (Å²) in [5, 5.41) is 11.8. The highest BCUT2D eigenvalue weighted by molar-refractivity contribution is 5.78. The number of hydrogen-bond acceptors (Lipinski definition) is 4. The van der Waals surface area contributed by atoms with Crippen LogP contribution in [0.5, 0.6) is 0 Å². The van der Waals surface area contributed by atoms with Gasteiger partial charge in [-0.05, 0) is 57.5 Å². The van der Waals surface area contributed by atoms with Crippen molar-refractivity contribution in [2.75, 3.05) is 32.7 Å². The summed E-state index contributed by atoms with van der Waals surface area (Å²) in [6.07, 6.45) is 4.38. The summed E-state index contributed by atoms with van der Waals surface area (Å²) in [4.78, 5) is 9.93. The van der Waals surface area contributed by atoms with Gasteiger partial charge in [-0.15, -0.1) is 0 Å². The lowest BCUT2D eigenvalue weighted by Crippen LogP contribution is -2.44. The van der Waals surface area contributed by atoms with Crippen molar-refractivity contribution in [3.63, 3.8) is 0 Å². The molecule has 2 saturated heterocycles. The van der Waals surface area contributed by atoms with Gasteiger partial charge in [0, 0.05) is 36.1 Å². The van der Waals surface area contributed by atoms with E-state index in [2.05, 4.69) is 41.0 Å². The number of pyridine rings is 1. The van der Waals surface area contributed by atoms with Crippen LogP contribution in [-0.4, -0.2) is 64.8 Å². The first-order chi connectivity index (χ1) is 12.7. The summed E-state index contributed by atoms with van der Waals surface area (Å²) < 4.78 is 0. The second-order valence-corrected chi connectivity index (χ2v) is 8.05. The summed E-state index contributed by atoms with van der Waals surface area (Å²) in [5.41, 5.74) is 2.16. The van der Waals surface area contributed by atoms with Crippen LogP contribution in [0.25, 0.3) is 10.9 Å². The second-order valence-electron chi connectivity index (χ2n) is 8.05. The Morgan fingerprint density at radius 3 is 2.69 bits per heavy atom. The molecule has 4 heteroatoms. The molecular weight excluding hydrogens is 322 g/mol. The molecule has 1 aromatic carbocycles. The van der Waals surface area contributed by atoms with Gasteiger partial charge in [0.2, 0.25) is 0 Å². The minimum absolute atomic E-state index is 0.225. The van der Waals surface area contributed by atoms with Gasteiger partial charge in [-0.1, -0.05) is 31.2 Å². The number of para-hydroxylation sites is 1. The molecule has 0 saturated carbocycles. The molecule has 2 aliphatic heterocycles. The highest BCUT2D eigenvalue weighted by Gasteiger charge is 2.36. The van der Waals surface area contributed by atoms with Crippen molar-refractivity contribution >= 4 is 10.9 Å². The molecule has 0 radical (unpaired) electrons. The van der Waals surface area contributed by atoms with Crippen LogP contribution in [0.3, 0.4) is 0 Å². The van der Waals surface area contributed by atoms with Crippen molar-refractivity contribution in [3.8, 4) is 0 Å². The fourth-order valence-electron chi connectivity index (χ4n) is 4.70. The number of likely N-dealkylation sites (tertiary alicyclic amines) is 2. The lowest BCUT2D eigenvalue weighted by Gasteiger charge is -2.36. The topological polar surface area (TPSA) is 39.6 Å². The van der Waals surface area contributed by atoms with E-state index in [4.69, 9.17) is 4.98 Å². The fourth-order valence-corrected chi connectivity index (χ4v) is 4.70. The Hall–Kier alpha value is -1.49. The van der Waals surface area contributed by atoms with Gasteiger partial charge in [-0.2, -0.15) is 0 Å². The Kier molecular flexibility index (Phi) is 5.53. The van der Waals surface area contributed by atoms with E-state index < -0.39 is 0 Å². The monoisotopic (exact) mass is 353 g/mol. The largest absolute Gasteiger partial charge is 0.391 e. The molecule has 2 aromatic rings. The summed E-state index contributed by atoms with van der Waals surface area (Å²) in [7, 11) is 0. The number of fused-ring (bicyclic) bond motifs is 1. The van der Waals surface area contributed by atoms with Crippen LogP contribution in [0, 0.1) is 5.92 Å². The maximum Gasteiger partial charge on any atom is 0.0711 e. The number of aliphatic hydroxyl groups excluding tert-OH is 1. The van der Waals surface area contributed by atoms with Crippen molar-refractivity contribution in [1.29, 1.82) is 0 Å². The zero-order valence-corrected chi connectivity index (χ0v) is 15.8. The van der Waals surface area contributed by atoms with Crippen molar-refractivity contribution in [1.82, 2.24) is 14.8 Å². The molecule has 2 atom stereocenters. The Morgan fingerprint density at radius 2 is 1.88 bits per heavy atom. The Labute approximate surface area is 156 Å². The van der Waals surface area contributed by atoms with E-state index in [1.165, 1.54) is 44.3 Å². The maximum atomic E-state index is 10.6. The molecule has 0 amide bonds. The quantitative estimate of drug-likeness (QED) is 0.897. The van der Waals surface area contributed by atoms with Crippen LogP contribution < -0.4 is 0 Å². The third-order valence-electron chi connectivity index (χ3n) is 6.18. The second kappa shape index (κ2) is 8.03. The lowest BCUT2D eigenvalue weighted by molar-refractivity contribution is 0.107. The number of nitrogens with zero attached hydrogens (tertiary/aromatic N) is 3. The average Bonchev–Trinajstić information content (AvgIpc) is 3.03. The maximum absolute atomic E-state index is 10.6. The molecule has 0 unspecified atom stereocenters. The van der Waals surface area contributed by atoms with E-state index >= 15 is 0 Å². The zero-order valence-electron chi connectivity index (χ0n) is 15.8. The molecular formula is C22H31N3O. The normalized spacial score (nSPS) is 25.9. The standard InChI is InChI=1S/C22H31N3O/c1-2-11-24-12-9-20(10-13-24)25-15-18(22(26)16-25)14-19-8-7-17-5-3-4-6-21(17)23-19/h3-8,18,20,22,26H,2,9-16H2,1H3/t18-,22-/m1/s1. The van der Waals surface area contributed by atoms with Gasteiger partial charge < -0.3 is 10.0 Å². The van der Waals surface area contributed by atoms with Crippen LogP contribution >= 0.6 is 0 Å². The van der Waals surface area contributed by atoms with E-state index in [0.29, 0.717) is 12.0 Å². The molecule has 3 heterocycles. The van der Waals surface area contributed by atoms with Crippen LogP contribution in [0.2, 0.25) is 0 Å². The minimum Gasteiger partial charge on any atom is -0.391 e. The molecule has 1 aromatic heterocycles. The summed E-state index contributed by atoms with van der Waals surface area (Å²) in [6, 6.07) is 13.2. The Morgan fingerprint density at radius 1 is 1.08 bits per heavy atom. The highest BCUT2D eigenvalue weighted by atomic mass is 16.3. The van der Waals surface area contributed by atoms with Crippen molar-refractivity contribution < 1.29 is 5.11 Å². The summed E-state index contributed by atoms with van der Waals surface area (Å²) in [6.45, 7) is 7.74. The smallest absolute Gasteiger partial charge is 0.0711 e. The molecule has 0 spiro atoms. The molecule has 1 N–H and O–H groups in total. The Balaban J connectivity index is 1.36. The number of rotatable bonds is 5.